The third-order valence-corrected chi connectivity index (χ3v) is 3.71. The van der Waals surface area contributed by atoms with E-state index in [0.717, 1.165) is 22.9 Å². The standard InChI is InChI=1S/C11H14BrCl2N/c12-11-9(7-15)2-1-8(3-5-13)10(11)4-6-14/h1-2H,3-7,15H2. The van der Waals surface area contributed by atoms with Gasteiger partial charge in [0.2, 0.25) is 0 Å². The van der Waals surface area contributed by atoms with Gasteiger partial charge < -0.3 is 5.73 Å². The number of hydrogen-bond donors (Lipinski definition) is 1. The molecular weight excluding hydrogens is 297 g/mol. The molecule has 4 heteroatoms. The highest BCUT2D eigenvalue weighted by Gasteiger charge is 2.09. The zero-order valence-corrected chi connectivity index (χ0v) is 11.5. The Kier molecular flexibility index (Phi) is 5.98. The van der Waals surface area contributed by atoms with Gasteiger partial charge in [-0.1, -0.05) is 28.1 Å². The fourth-order valence-corrected chi connectivity index (χ4v) is 2.71. The summed E-state index contributed by atoms with van der Waals surface area (Å²) in [6.07, 6.45) is 1.72. The van der Waals surface area contributed by atoms with Crippen molar-refractivity contribution in [1.29, 1.82) is 0 Å². The molecule has 0 aliphatic rings. The van der Waals surface area contributed by atoms with Crippen LogP contribution in [0.1, 0.15) is 16.7 Å². The molecule has 1 nitrogen and oxygen atoms in total. The van der Waals surface area contributed by atoms with Crippen LogP contribution < -0.4 is 5.73 Å². The molecule has 0 aliphatic heterocycles. The molecule has 0 spiro atoms. The maximum Gasteiger partial charge on any atom is 0.0264 e. The van der Waals surface area contributed by atoms with Gasteiger partial charge in [-0.05, 0) is 29.5 Å². The quantitative estimate of drug-likeness (QED) is 0.828. The number of alkyl halides is 2. The topological polar surface area (TPSA) is 26.0 Å². The van der Waals surface area contributed by atoms with E-state index in [1.165, 1.54) is 11.1 Å². The number of nitrogens with two attached hydrogens (primary N) is 1. The largest absolute Gasteiger partial charge is 0.326 e. The maximum atomic E-state index is 5.79. The van der Waals surface area contributed by atoms with Crippen molar-refractivity contribution in [2.24, 2.45) is 5.73 Å². The normalized spacial score (nSPS) is 10.7. The average molecular weight is 311 g/mol. The van der Waals surface area contributed by atoms with Gasteiger partial charge in [-0.2, -0.15) is 0 Å². The Bertz CT molecular complexity index is 329. The Balaban J connectivity index is 3.11. The summed E-state index contributed by atoms with van der Waals surface area (Å²) in [6, 6.07) is 4.14. The van der Waals surface area contributed by atoms with Crippen LogP contribution >= 0.6 is 39.1 Å². The zero-order chi connectivity index (χ0) is 11.3. The first-order valence-corrected chi connectivity index (χ1v) is 6.72. The lowest BCUT2D eigenvalue weighted by molar-refractivity contribution is 0.992. The minimum atomic E-state index is 0.539. The molecule has 0 amide bonds. The number of hydrogen-bond acceptors (Lipinski definition) is 1. The summed E-state index contributed by atoms with van der Waals surface area (Å²) in [6.45, 7) is 0.539. The van der Waals surface area contributed by atoms with Crippen molar-refractivity contribution >= 4 is 39.1 Å². The Morgan fingerprint density at radius 2 is 1.67 bits per heavy atom. The van der Waals surface area contributed by atoms with E-state index < -0.39 is 0 Å². The summed E-state index contributed by atoms with van der Waals surface area (Å²) in [5.74, 6) is 1.24. The molecule has 0 atom stereocenters. The van der Waals surface area contributed by atoms with E-state index in [1.54, 1.807) is 0 Å². The minimum Gasteiger partial charge on any atom is -0.326 e. The van der Waals surface area contributed by atoms with Gasteiger partial charge in [-0.3, -0.25) is 0 Å². The van der Waals surface area contributed by atoms with Crippen molar-refractivity contribution in [2.75, 3.05) is 11.8 Å². The van der Waals surface area contributed by atoms with Crippen LogP contribution in [0.2, 0.25) is 0 Å². The third kappa shape index (κ3) is 3.35. The highest BCUT2D eigenvalue weighted by Crippen LogP contribution is 2.26. The zero-order valence-electron chi connectivity index (χ0n) is 8.40. The summed E-state index contributed by atoms with van der Waals surface area (Å²) < 4.78 is 1.09. The molecule has 84 valence electrons. The Morgan fingerprint density at radius 3 is 2.20 bits per heavy atom. The van der Waals surface area contributed by atoms with E-state index in [1.807, 2.05) is 6.07 Å². The van der Waals surface area contributed by atoms with Gasteiger partial charge in [0.25, 0.3) is 0 Å². The molecular formula is C11H14BrCl2N. The summed E-state index contributed by atoms with van der Waals surface area (Å²) in [7, 11) is 0. The van der Waals surface area contributed by atoms with Crippen molar-refractivity contribution in [2.45, 2.75) is 19.4 Å². The molecule has 1 rings (SSSR count). The average Bonchev–Trinajstić information content (AvgIpc) is 2.24. The molecule has 0 radical (unpaired) electrons. The van der Waals surface area contributed by atoms with Crippen LogP contribution in [-0.4, -0.2) is 11.8 Å². The van der Waals surface area contributed by atoms with Gasteiger partial charge in [-0.25, -0.2) is 0 Å². The maximum absolute atomic E-state index is 5.79. The van der Waals surface area contributed by atoms with Crippen LogP contribution in [0.4, 0.5) is 0 Å². The molecule has 0 heterocycles. The van der Waals surface area contributed by atoms with Crippen LogP contribution in [0, 0.1) is 0 Å². The van der Waals surface area contributed by atoms with Crippen LogP contribution in [-0.2, 0) is 19.4 Å². The van der Waals surface area contributed by atoms with Gasteiger partial charge in [0, 0.05) is 22.8 Å². The van der Waals surface area contributed by atoms with Crippen LogP contribution in [0.5, 0.6) is 0 Å². The molecule has 0 unspecified atom stereocenters. The highest BCUT2D eigenvalue weighted by atomic mass is 79.9. The SMILES string of the molecule is NCc1ccc(CCCl)c(CCCl)c1Br. The van der Waals surface area contributed by atoms with E-state index in [-0.39, 0.29) is 0 Å². The fourth-order valence-electron chi connectivity index (χ4n) is 1.57. The van der Waals surface area contributed by atoms with Crippen LogP contribution in [0.15, 0.2) is 16.6 Å². The van der Waals surface area contributed by atoms with Crippen LogP contribution in [0.3, 0.4) is 0 Å². The summed E-state index contributed by atoms with van der Waals surface area (Å²) in [4.78, 5) is 0. The molecule has 0 aromatic heterocycles. The van der Waals surface area contributed by atoms with Crippen molar-refractivity contribution in [3.63, 3.8) is 0 Å². The number of halogens is 3. The highest BCUT2D eigenvalue weighted by molar-refractivity contribution is 9.10. The molecule has 2 N–H and O–H groups in total. The van der Waals surface area contributed by atoms with Crippen molar-refractivity contribution < 1.29 is 0 Å². The van der Waals surface area contributed by atoms with Gasteiger partial charge >= 0.3 is 0 Å². The Hall–Kier alpha value is 0.240. The first kappa shape index (κ1) is 13.3. The van der Waals surface area contributed by atoms with Crippen LogP contribution in [0.25, 0.3) is 0 Å². The fraction of sp³-hybridized carbons (Fsp3) is 0.455. The summed E-state index contributed by atoms with van der Waals surface area (Å²) >= 11 is 15.1. The van der Waals surface area contributed by atoms with Gasteiger partial charge in [0.15, 0.2) is 0 Å². The molecule has 0 saturated heterocycles. The molecule has 0 fully saturated rings. The first-order valence-electron chi connectivity index (χ1n) is 4.85. The monoisotopic (exact) mass is 309 g/mol. The minimum absolute atomic E-state index is 0.539. The molecule has 0 aliphatic carbocycles. The molecule has 1 aromatic carbocycles. The number of rotatable bonds is 5. The lowest BCUT2D eigenvalue weighted by atomic mass is 10.00. The second-order valence-corrected chi connectivity index (χ2v) is 4.81. The molecule has 1 aromatic rings. The Morgan fingerprint density at radius 1 is 1.07 bits per heavy atom. The molecule has 15 heavy (non-hydrogen) atoms. The summed E-state index contributed by atoms with van der Waals surface area (Å²) in [5, 5.41) is 0. The van der Waals surface area contributed by atoms with Gasteiger partial charge in [-0.15, -0.1) is 23.2 Å². The van der Waals surface area contributed by atoms with Crippen molar-refractivity contribution in [3.8, 4) is 0 Å². The van der Waals surface area contributed by atoms with Crippen molar-refractivity contribution in [3.05, 3.63) is 33.3 Å². The molecule has 0 saturated carbocycles. The van der Waals surface area contributed by atoms with Gasteiger partial charge in [0.05, 0.1) is 0 Å². The predicted octanol–water partition coefficient (Wildman–Crippen LogP) is 3.47. The lowest BCUT2D eigenvalue weighted by Crippen LogP contribution is -2.04. The molecule has 0 bridgehead atoms. The van der Waals surface area contributed by atoms with E-state index in [9.17, 15) is 0 Å². The third-order valence-electron chi connectivity index (χ3n) is 2.35. The second-order valence-electron chi connectivity index (χ2n) is 3.26. The van der Waals surface area contributed by atoms with E-state index in [2.05, 4.69) is 22.0 Å². The first-order chi connectivity index (χ1) is 7.24. The number of aryl methyl sites for hydroxylation is 1. The number of benzene rings is 1. The van der Waals surface area contributed by atoms with E-state index in [4.69, 9.17) is 28.9 Å². The van der Waals surface area contributed by atoms with E-state index in [0.29, 0.717) is 18.3 Å². The Labute approximate surface area is 109 Å². The smallest absolute Gasteiger partial charge is 0.0264 e. The second kappa shape index (κ2) is 6.74. The summed E-state index contributed by atoms with van der Waals surface area (Å²) in [5.41, 5.74) is 9.27. The van der Waals surface area contributed by atoms with Gasteiger partial charge in [0.1, 0.15) is 0 Å². The van der Waals surface area contributed by atoms with Crippen molar-refractivity contribution in [1.82, 2.24) is 0 Å². The lowest BCUT2D eigenvalue weighted by Gasteiger charge is -2.13. The van der Waals surface area contributed by atoms with E-state index >= 15 is 0 Å². The predicted molar refractivity (Wildman–Crippen MR) is 70.9 cm³/mol.